The van der Waals surface area contributed by atoms with E-state index in [1.54, 1.807) is 18.2 Å². The molecule has 3 aromatic rings. The maximum atomic E-state index is 15.2. The minimum Gasteiger partial charge on any atom is -0.493 e. The highest BCUT2D eigenvalue weighted by atomic mass is 19.1. The number of fused-ring (bicyclic) bond motifs is 1. The highest BCUT2D eigenvalue weighted by Crippen LogP contribution is 2.38. The second-order valence-corrected chi connectivity index (χ2v) is 8.64. The Hall–Kier alpha value is -4.13. The molecule has 2 aromatic carbocycles. The SMILES string of the molecule is CCC1CN(C(=O)CCc2ccc(C#N)cc2)CCN1c1nc(N)c2cc(OC)c(OC)c(F)c2n1. The van der Waals surface area contributed by atoms with Gasteiger partial charge in [-0.2, -0.15) is 10.2 Å². The first-order valence-corrected chi connectivity index (χ1v) is 11.8. The zero-order chi connectivity index (χ0) is 25.8. The van der Waals surface area contributed by atoms with E-state index in [0.29, 0.717) is 49.4 Å². The van der Waals surface area contributed by atoms with Gasteiger partial charge in [0.2, 0.25) is 11.9 Å². The van der Waals surface area contributed by atoms with Gasteiger partial charge in [-0.3, -0.25) is 4.79 Å². The second kappa shape index (κ2) is 10.6. The topological polar surface area (TPSA) is 118 Å². The third-order valence-electron chi connectivity index (χ3n) is 6.57. The molecule has 2 N–H and O–H groups in total. The molecule has 1 aromatic heterocycles. The number of nitrogens with two attached hydrogens (primary N) is 1. The summed E-state index contributed by atoms with van der Waals surface area (Å²) in [5, 5.41) is 9.28. The number of aromatic nitrogens is 2. The van der Waals surface area contributed by atoms with Crippen LogP contribution < -0.4 is 20.1 Å². The van der Waals surface area contributed by atoms with Crippen LogP contribution in [0, 0.1) is 17.1 Å². The number of carbonyl (C=O) groups is 1. The van der Waals surface area contributed by atoms with Crippen LogP contribution in [0.5, 0.6) is 11.5 Å². The molecule has 0 aliphatic carbocycles. The molecule has 188 valence electrons. The molecular formula is C26H29FN6O3. The quantitative estimate of drug-likeness (QED) is 0.534. The average molecular weight is 493 g/mol. The maximum Gasteiger partial charge on any atom is 0.228 e. The molecule has 36 heavy (non-hydrogen) atoms. The van der Waals surface area contributed by atoms with E-state index in [-0.39, 0.29) is 34.8 Å². The lowest BCUT2D eigenvalue weighted by Gasteiger charge is -2.41. The Kier molecular flexibility index (Phi) is 7.38. The Morgan fingerprint density at radius 3 is 2.61 bits per heavy atom. The third kappa shape index (κ3) is 4.82. The monoisotopic (exact) mass is 492 g/mol. The fourth-order valence-electron chi connectivity index (χ4n) is 4.52. The van der Waals surface area contributed by atoms with E-state index in [0.717, 1.165) is 12.0 Å². The highest BCUT2D eigenvalue weighted by molar-refractivity contribution is 5.92. The van der Waals surface area contributed by atoms with Crippen molar-refractivity contribution < 1.29 is 18.7 Å². The number of nitriles is 1. The van der Waals surface area contributed by atoms with E-state index in [2.05, 4.69) is 16.0 Å². The molecule has 1 saturated heterocycles. The summed E-state index contributed by atoms with van der Waals surface area (Å²) >= 11 is 0. The molecule has 4 rings (SSSR count). The van der Waals surface area contributed by atoms with Gasteiger partial charge < -0.3 is 25.0 Å². The lowest BCUT2D eigenvalue weighted by Crippen LogP contribution is -2.55. The van der Waals surface area contributed by atoms with Gasteiger partial charge in [0.05, 0.1) is 25.9 Å². The van der Waals surface area contributed by atoms with Crippen molar-refractivity contribution in [2.24, 2.45) is 0 Å². The molecule has 0 spiro atoms. The fraction of sp³-hybridized carbons (Fsp3) is 0.385. The average Bonchev–Trinajstić information content (AvgIpc) is 2.91. The van der Waals surface area contributed by atoms with E-state index in [4.69, 9.17) is 20.5 Å². The normalized spacial score (nSPS) is 15.6. The number of anilines is 2. The number of carbonyl (C=O) groups excluding carboxylic acids is 1. The number of benzene rings is 2. The van der Waals surface area contributed by atoms with Gasteiger partial charge in [-0.15, -0.1) is 0 Å². The summed E-state index contributed by atoms with van der Waals surface area (Å²) in [6.07, 6.45) is 1.74. The van der Waals surface area contributed by atoms with Crippen LogP contribution in [0.3, 0.4) is 0 Å². The third-order valence-corrected chi connectivity index (χ3v) is 6.57. The van der Waals surface area contributed by atoms with Crippen molar-refractivity contribution in [1.29, 1.82) is 5.26 Å². The maximum absolute atomic E-state index is 15.2. The Balaban J connectivity index is 1.51. The van der Waals surface area contributed by atoms with Crippen molar-refractivity contribution in [3.63, 3.8) is 0 Å². The van der Waals surface area contributed by atoms with Gasteiger partial charge in [0.25, 0.3) is 0 Å². The van der Waals surface area contributed by atoms with Crippen LogP contribution in [0.15, 0.2) is 30.3 Å². The molecule has 1 atom stereocenters. The van der Waals surface area contributed by atoms with Crippen LogP contribution >= 0.6 is 0 Å². The molecule has 1 amide bonds. The summed E-state index contributed by atoms with van der Waals surface area (Å²) in [5.41, 5.74) is 7.88. The molecule has 0 radical (unpaired) electrons. The summed E-state index contributed by atoms with van der Waals surface area (Å²) in [5.74, 6) is 0.0447. The first-order valence-electron chi connectivity index (χ1n) is 11.8. The second-order valence-electron chi connectivity index (χ2n) is 8.64. The predicted molar refractivity (Wildman–Crippen MR) is 134 cm³/mol. The van der Waals surface area contributed by atoms with E-state index >= 15 is 4.39 Å². The van der Waals surface area contributed by atoms with Crippen LogP contribution in [0.2, 0.25) is 0 Å². The summed E-state index contributed by atoms with van der Waals surface area (Å²) in [6.45, 7) is 3.54. The van der Waals surface area contributed by atoms with Crippen LogP contribution in [-0.4, -0.2) is 60.7 Å². The molecule has 0 bridgehead atoms. The minimum absolute atomic E-state index is 0.0428. The van der Waals surface area contributed by atoms with Crippen molar-refractivity contribution in [3.8, 4) is 17.6 Å². The van der Waals surface area contributed by atoms with Gasteiger partial charge in [0, 0.05) is 37.5 Å². The zero-order valence-corrected chi connectivity index (χ0v) is 20.6. The molecule has 1 aliphatic rings. The number of nitrogens with zero attached hydrogens (tertiary/aromatic N) is 5. The highest BCUT2D eigenvalue weighted by Gasteiger charge is 2.31. The van der Waals surface area contributed by atoms with Crippen molar-refractivity contribution in [1.82, 2.24) is 14.9 Å². The lowest BCUT2D eigenvalue weighted by molar-refractivity contribution is -0.132. The van der Waals surface area contributed by atoms with Crippen LogP contribution in [0.4, 0.5) is 16.2 Å². The number of methoxy groups -OCH3 is 2. The standard InChI is InChI=1S/C26H29FN6O3/c1-4-18-15-32(21(34)10-9-16-5-7-17(14-28)8-6-16)11-12-33(18)26-30-23-19(25(29)31-26)13-20(35-2)24(36-3)22(23)27/h5-8,13,18H,4,9-12,15H2,1-3H3,(H2,29,30,31). The summed E-state index contributed by atoms with van der Waals surface area (Å²) < 4.78 is 25.6. The van der Waals surface area contributed by atoms with Crippen molar-refractivity contribution in [2.45, 2.75) is 32.2 Å². The Labute approximate surface area is 209 Å². The van der Waals surface area contributed by atoms with E-state index in [1.165, 1.54) is 14.2 Å². The number of hydrogen-bond acceptors (Lipinski definition) is 8. The summed E-state index contributed by atoms with van der Waals surface area (Å²) in [4.78, 5) is 25.7. The number of hydrogen-bond donors (Lipinski definition) is 1. The minimum atomic E-state index is -0.660. The van der Waals surface area contributed by atoms with Crippen LogP contribution in [0.25, 0.3) is 10.9 Å². The van der Waals surface area contributed by atoms with Crippen molar-refractivity contribution in [2.75, 3.05) is 44.5 Å². The van der Waals surface area contributed by atoms with Crippen LogP contribution in [0.1, 0.15) is 30.9 Å². The number of aryl methyl sites for hydroxylation is 1. The Morgan fingerprint density at radius 1 is 1.22 bits per heavy atom. The van der Waals surface area contributed by atoms with E-state index in [9.17, 15) is 4.79 Å². The smallest absolute Gasteiger partial charge is 0.228 e. The van der Waals surface area contributed by atoms with Gasteiger partial charge >= 0.3 is 0 Å². The van der Waals surface area contributed by atoms with Gasteiger partial charge in [-0.1, -0.05) is 19.1 Å². The van der Waals surface area contributed by atoms with Gasteiger partial charge in [0.15, 0.2) is 17.3 Å². The zero-order valence-electron chi connectivity index (χ0n) is 20.6. The first-order chi connectivity index (χ1) is 17.4. The Morgan fingerprint density at radius 2 is 1.97 bits per heavy atom. The van der Waals surface area contributed by atoms with Crippen molar-refractivity contribution >= 4 is 28.6 Å². The number of rotatable bonds is 7. The molecule has 2 heterocycles. The molecule has 10 heteroatoms. The summed E-state index contributed by atoms with van der Waals surface area (Å²) in [7, 11) is 2.79. The van der Waals surface area contributed by atoms with Gasteiger partial charge in [-0.25, -0.2) is 9.37 Å². The Bertz CT molecular complexity index is 1310. The molecule has 1 unspecified atom stereocenters. The van der Waals surface area contributed by atoms with E-state index < -0.39 is 5.82 Å². The number of nitrogen functional groups attached to an aromatic ring is 1. The molecule has 0 saturated carbocycles. The van der Waals surface area contributed by atoms with E-state index in [1.807, 2.05) is 28.9 Å². The molecular weight excluding hydrogens is 463 g/mol. The lowest BCUT2D eigenvalue weighted by atomic mass is 10.1. The number of ether oxygens (including phenoxy) is 2. The molecule has 9 nitrogen and oxygen atoms in total. The number of piperazine rings is 1. The molecule has 1 aliphatic heterocycles. The van der Waals surface area contributed by atoms with Gasteiger partial charge in [0.1, 0.15) is 11.3 Å². The number of halogens is 1. The largest absolute Gasteiger partial charge is 0.493 e. The first kappa shape index (κ1) is 25.0. The predicted octanol–water partition coefficient (Wildman–Crippen LogP) is 3.30. The fourth-order valence-corrected chi connectivity index (χ4v) is 4.52. The van der Waals surface area contributed by atoms with Crippen LogP contribution in [-0.2, 0) is 11.2 Å². The van der Waals surface area contributed by atoms with Crippen molar-refractivity contribution in [3.05, 3.63) is 47.3 Å². The van der Waals surface area contributed by atoms with Gasteiger partial charge in [-0.05, 0) is 36.6 Å². The number of amides is 1. The molecule has 1 fully saturated rings. The summed E-state index contributed by atoms with van der Waals surface area (Å²) in [6, 6.07) is 10.9.